The average Bonchev–Trinajstić information content (AvgIpc) is 2.70. The van der Waals surface area contributed by atoms with E-state index in [9.17, 15) is 19.4 Å². The summed E-state index contributed by atoms with van der Waals surface area (Å²) in [6.45, 7) is 8.33. The second-order valence-electron chi connectivity index (χ2n) is 8.81. The fraction of sp³-hybridized carbons (Fsp3) is 0.542. The van der Waals surface area contributed by atoms with Crippen molar-refractivity contribution in [1.29, 1.82) is 0 Å². The van der Waals surface area contributed by atoms with E-state index in [0.29, 0.717) is 17.9 Å². The van der Waals surface area contributed by atoms with E-state index in [-0.39, 0.29) is 30.4 Å². The Morgan fingerprint density at radius 2 is 2.00 bits per heavy atom. The SMILES string of the molecule is CCN(C)c1nc2c(c(C(C)C)n1)C[C@@H]([C@@H](O)C[C@@H](O)CC(C)=O)c1cc(F)ccc1-2. The summed E-state index contributed by atoms with van der Waals surface area (Å²) in [5.74, 6) is -0.174. The second-order valence-corrected chi connectivity index (χ2v) is 8.81. The van der Waals surface area contributed by atoms with Gasteiger partial charge in [0.2, 0.25) is 5.95 Å². The first-order chi connectivity index (χ1) is 14.6. The smallest absolute Gasteiger partial charge is 0.225 e. The van der Waals surface area contributed by atoms with Gasteiger partial charge in [0.15, 0.2) is 0 Å². The zero-order chi connectivity index (χ0) is 22.9. The minimum Gasteiger partial charge on any atom is -0.393 e. The summed E-state index contributed by atoms with van der Waals surface area (Å²) in [6.07, 6.45) is -1.38. The van der Waals surface area contributed by atoms with Crippen molar-refractivity contribution >= 4 is 11.7 Å². The zero-order valence-electron chi connectivity index (χ0n) is 18.9. The Bertz CT molecular complexity index is 963. The molecule has 1 aliphatic rings. The lowest BCUT2D eigenvalue weighted by molar-refractivity contribution is -0.119. The van der Waals surface area contributed by atoms with Crippen molar-refractivity contribution < 1.29 is 19.4 Å². The van der Waals surface area contributed by atoms with Gasteiger partial charge in [0.25, 0.3) is 0 Å². The summed E-state index contributed by atoms with van der Waals surface area (Å²) in [4.78, 5) is 22.9. The molecule has 31 heavy (non-hydrogen) atoms. The largest absolute Gasteiger partial charge is 0.393 e. The van der Waals surface area contributed by atoms with Gasteiger partial charge in [-0.1, -0.05) is 13.8 Å². The van der Waals surface area contributed by atoms with E-state index in [4.69, 9.17) is 9.97 Å². The summed E-state index contributed by atoms with van der Waals surface area (Å²) >= 11 is 0. The number of aliphatic hydroxyl groups excluding tert-OH is 2. The molecule has 3 rings (SSSR count). The van der Waals surface area contributed by atoms with Crippen molar-refractivity contribution in [3.63, 3.8) is 0 Å². The normalized spacial score (nSPS) is 17.1. The van der Waals surface area contributed by atoms with Crippen molar-refractivity contribution in [2.45, 2.75) is 71.0 Å². The van der Waals surface area contributed by atoms with E-state index >= 15 is 0 Å². The van der Waals surface area contributed by atoms with Crippen LogP contribution < -0.4 is 4.90 Å². The summed E-state index contributed by atoms with van der Waals surface area (Å²) in [6, 6.07) is 4.56. The number of anilines is 1. The highest BCUT2D eigenvalue weighted by molar-refractivity contribution is 5.76. The molecule has 0 amide bonds. The Morgan fingerprint density at radius 3 is 2.61 bits per heavy atom. The molecule has 7 heteroatoms. The van der Waals surface area contributed by atoms with Crippen LogP contribution in [0.1, 0.15) is 69.2 Å². The van der Waals surface area contributed by atoms with Gasteiger partial charge >= 0.3 is 0 Å². The number of carbonyl (C=O) groups is 1. The molecule has 0 saturated heterocycles. The average molecular weight is 430 g/mol. The van der Waals surface area contributed by atoms with Gasteiger partial charge in [-0.15, -0.1) is 0 Å². The first-order valence-corrected chi connectivity index (χ1v) is 10.9. The molecule has 3 atom stereocenters. The lowest BCUT2D eigenvalue weighted by Crippen LogP contribution is -2.30. The second kappa shape index (κ2) is 9.40. The molecular weight excluding hydrogens is 397 g/mol. The summed E-state index contributed by atoms with van der Waals surface area (Å²) in [5.41, 5.74) is 4.09. The fourth-order valence-electron chi connectivity index (χ4n) is 4.29. The van der Waals surface area contributed by atoms with Crippen LogP contribution in [0, 0.1) is 5.82 Å². The first kappa shape index (κ1) is 23.3. The van der Waals surface area contributed by atoms with E-state index in [2.05, 4.69) is 13.8 Å². The molecule has 2 N–H and O–H groups in total. The van der Waals surface area contributed by atoms with Crippen LogP contribution in [-0.2, 0) is 11.2 Å². The Morgan fingerprint density at radius 1 is 1.29 bits per heavy atom. The third-order valence-corrected chi connectivity index (χ3v) is 5.98. The number of hydrogen-bond acceptors (Lipinski definition) is 6. The molecule has 0 spiro atoms. The van der Waals surface area contributed by atoms with Crippen LogP contribution >= 0.6 is 0 Å². The predicted octanol–water partition coefficient (Wildman–Crippen LogP) is 3.59. The molecule has 168 valence electrons. The molecule has 0 aliphatic heterocycles. The van der Waals surface area contributed by atoms with E-state index < -0.39 is 18.1 Å². The number of ketones is 1. The van der Waals surface area contributed by atoms with Gasteiger partial charge in [0, 0.05) is 43.5 Å². The topological polar surface area (TPSA) is 86.6 Å². The van der Waals surface area contributed by atoms with Crippen molar-refractivity contribution in [3.05, 3.63) is 40.8 Å². The molecule has 0 unspecified atom stereocenters. The molecule has 1 aliphatic carbocycles. The lowest BCUT2D eigenvalue weighted by Gasteiger charge is -2.33. The summed E-state index contributed by atoms with van der Waals surface area (Å²) in [7, 11) is 1.93. The van der Waals surface area contributed by atoms with Crippen LogP contribution in [0.3, 0.4) is 0 Å². The number of aromatic nitrogens is 2. The maximum absolute atomic E-state index is 14.2. The van der Waals surface area contributed by atoms with E-state index in [1.165, 1.54) is 19.1 Å². The number of fused-ring (bicyclic) bond motifs is 3. The maximum atomic E-state index is 14.2. The number of aliphatic hydroxyl groups is 2. The maximum Gasteiger partial charge on any atom is 0.225 e. The quantitative estimate of drug-likeness (QED) is 0.667. The van der Waals surface area contributed by atoms with Crippen molar-refractivity contribution in [3.8, 4) is 11.3 Å². The van der Waals surface area contributed by atoms with E-state index in [1.54, 1.807) is 6.07 Å². The molecule has 0 radical (unpaired) electrons. The monoisotopic (exact) mass is 429 g/mol. The van der Waals surface area contributed by atoms with Crippen molar-refractivity contribution in [2.75, 3.05) is 18.5 Å². The molecule has 0 bridgehead atoms. The molecule has 2 aromatic rings. The van der Waals surface area contributed by atoms with Crippen LogP contribution in [-0.4, -0.2) is 51.8 Å². The number of halogens is 1. The molecule has 6 nitrogen and oxygen atoms in total. The summed E-state index contributed by atoms with van der Waals surface area (Å²) < 4.78 is 14.2. The van der Waals surface area contributed by atoms with Crippen molar-refractivity contribution in [2.24, 2.45) is 0 Å². The van der Waals surface area contributed by atoms with Gasteiger partial charge in [-0.05, 0) is 49.9 Å². The molecule has 0 saturated carbocycles. The zero-order valence-corrected chi connectivity index (χ0v) is 18.9. The molecule has 1 aromatic carbocycles. The van der Waals surface area contributed by atoms with Crippen LogP contribution in [0.4, 0.5) is 10.3 Å². The van der Waals surface area contributed by atoms with Crippen LogP contribution in [0.25, 0.3) is 11.3 Å². The number of Topliss-reactive ketones (excluding diaryl/α,β-unsaturated/α-hetero) is 1. The highest BCUT2D eigenvalue weighted by Gasteiger charge is 2.35. The Labute approximate surface area is 183 Å². The third kappa shape index (κ3) is 4.93. The number of carbonyl (C=O) groups excluding carboxylic acids is 1. The Balaban J connectivity index is 2.10. The van der Waals surface area contributed by atoms with E-state index in [1.807, 2.05) is 18.9 Å². The van der Waals surface area contributed by atoms with Gasteiger partial charge < -0.3 is 15.1 Å². The van der Waals surface area contributed by atoms with Gasteiger partial charge in [0.1, 0.15) is 11.6 Å². The number of nitrogens with zero attached hydrogens (tertiary/aromatic N) is 3. The Kier molecular flexibility index (Phi) is 7.06. The van der Waals surface area contributed by atoms with Gasteiger partial charge in [-0.25, -0.2) is 14.4 Å². The van der Waals surface area contributed by atoms with Crippen LogP contribution in [0.5, 0.6) is 0 Å². The van der Waals surface area contributed by atoms with Crippen molar-refractivity contribution in [1.82, 2.24) is 9.97 Å². The standard InChI is InChI=1S/C24H32FN3O3/c1-6-28(5)24-26-22(13(2)3)20-12-19(21(31)11-16(30)9-14(4)29)18-10-15(25)7-8-17(18)23(20)27-24/h7-8,10,13,16,19,21,30-31H,6,9,11-12H2,1-5H3/t16-,19+,21-/m0/s1. The van der Waals surface area contributed by atoms with Crippen LogP contribution in [0.15, 0.2) is 18.2 Å². The highest BCUT2D eigenvalue weighted by Crippen LogP contribution is 2.44. The lowest BCUT2D eigenvalue weighted by atomic mass is 9.75. The van der Waals surface area contributed by atoms with Crippen LogP contribution in [0.2, 0.25) is 0 Å². The highest BCUT2D eigenvalue weighted by atomic mass is 19.1. The third-order valence-electron chi connectivity index (χ3n) is 5.98. The fourth-order valence-corrected chi connectivity index (χ4v) is 4.29. The van der Waals surface area contributed by atoms with Gasteiger partial charge in [-0.2, -0.15) is 0 Å². The minimum absolute atomic E-state index is 0.0105. The number of rotatable bonds is 8. The number of hydrogen-bond donors (Lipinski definition) is 2. The molecule has 1 aromatic heterocycles. The summed E-state index contributed by atoms with van der Waals surface area (Å²) in [5, 5.41) is 21.2. The Hall–Kier alpha value is -2.38. The molecule has 1 heterocycles. The first-order valence-electron chi connectivity index (χ1n) is 10.9. The molecule has 0 fully saturated rings. The molecular formula is C24H32FN3O3. The predicted molar refractivity (Wildman–Crippen MR) is 119 cm³/mol. The van der Waals surface area contributed by atoms with Gasteiger partial charge in [-0.3, -0.25) is 4.79 Å². The van der Waals surface area contributed by atoms with E-state index in [0.717, 1.165) is 29.1 Å². The number of benzene rings is 1. The minimum atomic E-state index is -0.938. The van der Waals surface area contributed by atoms with Gasteiger partial charge in [0.05, 0.1) is 23.6 Å².